The fraction of sp³-hybridized carbons (Fsp3) is 0.562. The maximum absolute atomic E-state index is 11.9. The smallest absolute Gasteiger partial charge is 0.237 e. The minimum absolute atomic E-state index is 0. The summed E-state index contributed by atoms with van der Waals surface area (Å²) in [7, 11) is 0. The minimum Gasteiger partial charge on any atom is -0.371 e. The number of carbonyl (C=O) groups is 1. The van der Waals surface area contributed by atoms with E-state index < -0.39 is 0 Å². The van der Waals surface area contributed by atoms with Crippen LogP contribution in [-0.4, -0.2) is 31.1 Å². The number of hydrogen-bond donors (Lipinski definition) is 2. The first-order valence-electron chi connectivity index (χ1n) is 7.56. The fourth-order valence-corrected chi connectivity index (χ4v) is 2.67. The van der Waals surface area contributed by atoms with E-state index in [0.717, 1.165) is 38.8 Å². The molecule has 1 saturated heterocycles. The molecule has 1 aliphatic rings. The molecule has 21 heavy (non-hydrogen) atoms. The quantitative estimate of drug-likeness (QED) is 0.877. The first-order valence-corrected chi connectivity index (χ1v) is 7.56. The Morgan fingerprint density at radius 2 is 1.95 bits per heavy atom. The average Bonchev–Trinajstić information content (AvgIpc) is 2.49. The Bertz CT molecular complexity index is 419. The number of hydrogen-bond acceptors (Lipinski definition) is 3. The van der Waals surface area contributed by atoms with E-state index in [2.05, 4.69) is 34.5 Å². The number of rotatable bonds is 5. The first kappa shape index (κ1) is 17.8. The molecule has 0 aliphatic carbocycles. The van der Waals surface area contributed by atoms with Crippen molar-refractivity contribution < 1.29 is 4.79 Å². The summed E-state index contributed by atoms with van der Waals surface area (Å²) in [5.41, 5.74) is 7.10. The zero-order chi connectivity index (χ0) is 14.4. The molecule has 1 fully saturated rings. The monoisotopic (exact) mass is 311 g/mol. The van der Waals surface area contributed by atoms with Crippen LogP contribution in [0.15, 0.2) is 30.3 Å². The second-order valence-electron chi connectivity index (χ2n) is 5.50. The van der Waals surface area contributed by atoms with E-state index in [4.69, 9.17) is 5.73 Å². The highest BCUT2D eigenvalue weighted by Crippen LogP contribution is 2.19. The van der Waals surface area contributed by atoms with Crippen LogP contribution in [-0.2, 0) is 4.79 Å². The number of nitrogens with one attached hydrogen (secondary N) is 1. The summed E-state index contributed by atoms with van der Waals surface area (Å²) in [5, 5.41) is 3.08. The zero-order valence-electron chi connectivity index (χ0n) is 12.6. The Morgan fingerprint density at radius 1 is 1.33 bits per heavy atom. The molecule has 3 N–H and O–H groups in total. The molecule has 5 heteroatoms. The summed E-state index contributed by atoms with van der Waals surface area (Å²) in [4.78, 5) is 14.3. The molecule has 2 rings (SSSR count). The maximum Gasteiger partial charge on any atom is 0.237 e. The fourth-order valence-electron chi connectivity index (χ4n) is 2.67. The molecule has 1 aromatic carbocycles. The van der Waals surface area contributed by atoms with Gasteiger partial charge in [0.2, 0.25) is 5.91 Å². The van der Waals surface area contributed by atoms with Gasteiger partial charge in [-0.25, -0.2) is 0 Å². The van der Waals surface area contributed by atoms with Crippen molar-refractivity contribution in [2.75, 3.05) is 18.0 Å². The number of benzene rings is 1. The van der Waals surface area contributed by atoms with E-state index >= 15 is 0 Å². The summed E-state index contributed by atoms with van der Waals surface area (Å²) < 4.78 is 0. The van der Waals surface area contributed by atoms with Gasteiger partial charge in [-0.1, -0.05) is 31.5 Å². The van der Waals surface area contributed by atoms with Gasteiger partial charge in [0.1, 0.15) is 0 Å². The molecular weight excluding hydrogens is 286 g/mol. The molecule has 1 amide bonds. The average molecular weight is 312 g/mol. The van der Waals surface area contributed by atoms with Gasteiger partial charge < -0.3 is 16.0 Å². The van der Waals surface area contributed by atoms with E-state index in [1.165, 1.54) is 5.69 Å². The highest BCUT2D eigenvalue weighted by molar-refractivity contribution is 5.85. The summed E-state index contributed by atoms with van der Waals surface area (Å²) in [6.45, 7) is 4.02. The molecular formula is C16H26ClN3O. The summed E-state index contributed by atoms with van der Waals surface area (Å²) in [6.07, 6.45) is 3.68. The van der Waals surface area contributed by atoms with Crippen LogP contribution >= 0.6 is 12.4 Å². The van der Waals surface area contributed by atoms with Gasteiger partial charge in [0.15, 0.2) is 0 Å². The number of carbonyl (C=O) groups excluding carboxylic acids is 1. The van der Waals surface area contributed by atoms with E-state index in [1.807, 2.05) is 13.0 Å². The molecule has 1 aliphatic heterocycles. The van der Waals surface area contributed by atoms with Crippen molar-refractivity contribution in [1.29, 1.82) is 0 Å². The number of amides is 1. The van der Waals surface area contributed by atoms with Gasteiger partial charge in [-0.3, -0.25) is 4.79 Å². The molecule has 0 radical (unpaired) electrons. The van der Waals surface area contributed by atoms with E-state index in [9.17, 15) is 4.79 Å². The summed E-state index contributed by atoms with van der Waals surface area (Å²) in [5.74, 6) is 0.00464. The Kier molecular flexibility index (Phi) is 7.54. The lowest BCUT2D eigenvalue weighted by molar-refractivity contribution is -0.123. The maximum atomic E-state index is 11.9. The number of nitrogens with zero attached hydrogens (tertiary/aromatic N) is 1. The predicted octanol–water partition coefficient (Wildman–Crippen LogP) is 2.32. The Hall–Kier alpha value is -1.26. The SMILES string of the molecule is CCCC(N)C(=O)NC1CCN(c2ccccc2)CC1.Cl. The number of piperidine rings is 1. The molecule has 0 saturated carbocycles. The molecule has 4 nitrogen and oxygen atoms in total. The molecule has 1 heterocycles. The van der Waals surface area contributed by atoms with Crippen LogP contribution < -0.4 is 16.0 Å². The first-order chi connectivity index (χ1) is 9.70. The van der Waals surface area contributed by atoms with E-state index in [0.29, 0.717) is 0 Å². The number of nitrogens with two attached hydrogens (primary N) is 1. The van der Waals surface area contributed by atoms with Crippen LogP contribution in [0.3, 0.4) is 0 Å². The molecule has 0 spiro atoms. The second kappa shape index (κ2) is 8.90. The zero-order valence-corrected chi connectivity index (χ0v) is 13.4. The van der Waals surface area contributed by atoms with Gasteiger partial charge in [-0.05, 0) is 31.4 Å². The number of para-hydroxylation sites is 1. The van der Waals surface area contributed by atoms with Crippen molar-refractivity contribution in [3.05, 3.63) is 30.3 Å². The van der Waals surface area contributed by atoms with Crippen LogP contribution in [0, 0.1) is 0 Å². The van der Waals surface area contributed by atoms with Crippen LogP contribution in [0.5, 0.6) is 0 Å². The minimum atomic E-state index is -0.354. The van der Waals surface area contributed by atoms with Crippen LogP contribution in [0.1, 0.15) is 32.6 Å². The standard InChI is InChI=1S/C16H25N3O.ClH/c1-2-6-15(17)16(20)18-13-9-11-19(12-10-13)14-7-4-3-5-8-14;/h3-5,7-8,13,15H,2,6,9-12,17H2,1H3,(H,18,20);1H. The molecule has 118 valence electrons. The third kappa shape index (κ3) is 5.21. The number of anilines is 1. The Morgan fingerprint density at radius 3 is 2.52 bits per heavy atom. The van der Waals surface area contributed by atoms with Gasteiger partial charge in [0, 0.05) is 24.8 Å². The Labute approximate surface area is 133 Å². The molecule has 0 aromatic heterocycles. The van der Waals surface area contributed by atoms with Crippen LogP contribution in [0.4, 0.5) is 5.69 Å². The van der Waals surface area contributed by atoms with Crippen molar-refractivity contribution >= 4 is 24.0 Å². The largest absolute Gasteiger partial charge is 0.371 e. The van der Waals surface area contributed by atoms with Crippen molar-refractivity contribution in [3.63, 3.8) is 0 Å². The summed E-state index contributed by atoms with van der Waals surface area (Å²) >= 11 is 0. The third-order valence-corrected chi connectivity index (χ3v) is 3.90. The lowest BCUT2D eigenvalue weighted by Crippen LogP contribution is -2.49. The normalized spacial score (nSPS) is 17.0. The van der Waals surface area contributed by atoms with Crippen molar-refractivity contribution in [3.8, 4) is 0 Å². The molecule has 0 bridgehead atoms. The van der Waals surface area contributed by atoms with Gasteiger partial charge in [0.25, 0.3) is 0 Å². The second-order valence-corrected chi connectivity index (χ2v) is 5.50. The lowest BCUT2D eigenvalue weighted by Gasteiger charge is -2.34. The van der Waals surface area contributed by atoms with Gasteiger partial charge in [0.05, 0.1) is 6.04 Å². The lowest BCUT2D eigenvalue weighted by atomic mass is 10.0. The van der Waals surface area contributed by atoms with Crippen molar-refractivity contribution in [2.24, 2.45) is 5.73 Å². The summed E-state index contributed by atoms with van der Waals surface area (Å²) in [6, 6.07) is 10.3. The van der Waals surface area contributed by atoms with Crippen LogP contribution in [0.2, 0.25) is 0 Å². The topological polar surface area (TPSA) is 58.4 Å². The molecule has 1 unspecified atom stereocenters. The highest BCUT2D eigenvalue weighted by Gasteiger charge is 2.22. The van der Waals surface area contributed by atoms with Crippen LogP contribution in [0.25, 0.3) is 0 Å². The van der Waals surface area contributed by atoms with Crippen molar-refractivity contribution in [2.45, 2.75) is 44.7 Å². The molecule has 1 aromatic rings. The van der Waals surface area contributed by atoms with Gasteiger partial charge in [-0.2, -0.15) is 0 Å². The number of halogens is 1. The van der Waals surface area contributed by atoms with E-state index in [-0.39, 0.29) is 30.4 Å². The Balaban J connectivity index is 0.00000220. The van der Waals surface area contributed by atoms with Crippen molar-refractivity contribution in [1.82, 2.24) is 5.32 Å². The van der Waals surface area contributed by atoms with E-state index in [1.54, 1.807) is 0 Å². The third-order valence-electron chi connectivity index (χ3n) is 3.90. The molecule has 1 atom stereocenters. The van der Waals surface area contributed by atoms with Gasteiger partial charge >= 0.3 is 0 Å². The van der Waals surface area contributed by atoms with Gasteiger partial charge in [-0.15, -0.1) is 12.4 Å². The highest BCUT2D eigenvalue weighted by atomic mass is 35.5. The predicted molar refractivity (Wildman–Crippen MR) is 90.0 cm³/mol.